The minimum atomic E-state index is -0.187. The molecule has 0 unspecified atom stereocenters. The Kier molecular flexibility index (Phi) is 4.53. The zero-order chi connectivity index (χ0) is 17.9. The fourth-order valence-corrected chi connectivity index (χ4v) is 3.13. The van der Waals surface area contributed by atoms with Gasteiger partial charge in [0, 0.05) is 44.4 Å². The van der Waals surface area contributed by atoms with E-state index >= 15 is 0 Å². The van der Waals surface area contributed by atoms with Crippen molar-refractivity contribution in [2.45, 2.75) is 6.54 Å². The Morgan fingerprint density at radius 3 is 2.69 bits per heavy atom. The fraction of sp³-hybridized carbons (Fsp3) is 0.263. The first-order valence-electron chi connectivity index (χ1n) is 8.55. The van der Waals surface area contributed by atoms with Crippen LogP contribution in [0.3, 0.4) is 0 Å². The van der Waals surface area contributed by atoms with E-state index in [0.717, 1.165) is 0 Å². The topological polar surface area (TPSA) is 65.4 Å². The normalized spacial score (nSPS) is 15.3. The molecule has 0 radical (unpaired) electrons. The second kappa shape index (κ2) is 7.13. The summed E-state index contributed by atoms with van der Waals surface area (Å²) in [7, 11) is 0. The molecule has 0 atom stereocenters. The molecule has 1 saturated heterocycles. The van der Waals surface area contributed by atoms with Crippen molar-refractivity contribution in [1.82, 2.24) is 20.0 Å². The summed E-state index contributed by atoms with van der Waals surface area (Å²) >= 11 is 0. The number of amides is 1. The average Bonchev–Trinajstić information content (AvgIpc) is 3.35. The third-order valence-corrected chi connectivity index (χ3v) is 4.59. The molecule has 4 rings (SSSR count). The molecule has 1 aliphatic heterocycles. The van der Waals surface area contributed by atoms with Crippen LogP contribution in [-0.2, 0) is 6.54 Å². The smallest absolute Gasteiger partial charge is 0.274 e. The van der Waals surface area contributed by atoms with Gasteiger partial charge in [-0.15, -0.1) is 0 Å². The van der Waals surface area contributed by atoms with E-state index in [0.29, 0.717) is 55.4 Å². The minimum absolute atomic E-state index is 0.107. The number of furan rings is 1. The van der Waals surface area contributed by atoms with Crippen LogP contribution in [0.15, 0.2) is 53.1 Å². The van der Waals surface area contributed by atoms with Crippen molar-refractivity contribution in [1.29, 1.82) is 0 Å². The molecule has 1 amide bonds. The summed E-state index contributed by atoms with van der Waals surface area (Å²) in [5.41, 5.74) is 1.73. The molecule has 134 valence electrons. The summed E-state index contributed by atoms with van der Waals surface area (Å²) in [6.45, 7) is 3.15. The Balaban J connectivity index is 1.36. The Labute approximate surface area is 150 Å². The fourth-order valence-electron chi connectivity index (χ4n) is 3.13. The maximum atomic E-state index is 13.8. The van der Waals surface area contributed by atoms with Gasteiger partial charge >= 0.3 is 0 Å². The van der Waals surface area contributed by atoms with Crippen molar-refractivity contribution < 1.29 is 13.6 Å². The maximum absolute atomic E-state index is 13.8. The summed E-state index contributed by atoms with van der Waals surface area (Å²) in [4.78, 5) is 16.6. The predicted molar refractivity (Wildman–Crippen MR) is 93.9 cm³/mol. The highest BCUT2D eigenvalue weighted by atomic mass is 19.1. The summed E-state index contributed by atoms with van der Waals surface area (Å²) in [5, 5.41) is 6.94. The monoisotopic (exact) mass is 354 g/mol. The van der Waals surface area contributed by atoms with Gasteiger partial charge in [-0.05, 0) is 18.2 Å². The van der Waals surface area contributed by atoms with Crippen LogP contribution in [0, 0.1) is 5.82 Å². The van der Waals surface area contributed by atoms with Gasteiger partial charge in [-0.3, -0.25) is 14.8 Å². The Hall–Kier alpha value is -2.93. The van der Waals surface area contributed by atoms with E-state index in [2.05, 4.69) is 15.1 Å². The lowest BCUT2D eigenvalue weighted by molar-refractivity contribution is 0.0621. The van der Waals surface area contributed by atoms with Gasteiger partial charge in [0.05, 0.1) is 6.26 Å². The van der Waals surface area contributed by atoms with Crippen LogP contribution in [0.5, 0.6) is 0 Å². The van der Waals surface area contributed by atoms with E-state index in [9.17, 15) is 9.18 Å². The lowest BCUT2D eigenvalue weighted by Gasteiger charge is -2.34. The molecule has 0 bridgehead atoms. The molecule has 2 aromatic heterocycles. The number of rotatable bonds is 4. The average molecular weight is 354 g/mol. The quantitative estimate of drug-likeness (QED) is 0.782. The zero-order valence-electron chi connectivity index (χ0n) is 14.2. The number of aromatic amines is 1. The predicted octanol–water partition coefficient (Wildman–Crippen LogP) is 2.77. The third-order valence-electron chi connectivity index (χ3n) is 4.59. The first-order valence-corrected chi connectivity index (χ1v) is 8.55. The molecule has 1 aromatic carbocycles. The van der Waals surface area contributed by atoms with Gasteiger partial charge in [0.25, 0.3) is 5.91 Å². The van der Waals surface area contributed by atoms with Crippen LogP contribution in [-0.4, -0.2) is 52.1 Å². The molecule has 1 aliphatic rings. The van der Waals surface area contributed by atoms with Crippen LogP contribution in [0.25, 0.3) is 11.5 Å². The molecule has 1 fully saturated rings. The van der Waals surface area contributed by atoms with Crippen molar-refractivity contribution in [3.05, 3.63) is 65.8 Å². The van der Waals surface area contributed by atoms with E-state index in [1.165, 1.54) is 6.07 Å². The summed E-state index contributed by atoms with van der Waals surface area (Å²) < 4.78 is 19.1. The molecule has 6 nitrogen and oxygen atoms in total. The van der Waals surface area contributed by atoms with Gasteiger partial charge < -0.3 is 9.32 Å². The highest BCUT2D eigenvalue weighted by Crippen LogP contribution is 2.19. The van der Waals surface area contributed by atoms with Crippen LogP contribution in [0.1, 0.15) is 16.1 Å². The summed E-state index contributed by atoms with van der Waals surface area (Å²) in [6, 6.07) is 12.1. The van der Waals surface area contributed by atoms with E-state index in [1.54, 1.807) is 35.4 Å². The van der Waals surface area contributed by atoms with Crippen molar-refractivity contribution in [2.24, 2.45) is 0 Å². The molecule has 0 aliphatic carbocycles. The summed E-state index contributed by atoms with van der Waals surface area (Å²) in [6.07, 6.45) is 1.58. The van der Waals surface area contributed by atoms with Gasteiger partial charge in [0.15, 0.2) is 11.5 Å². The number of H-pyrrole nitrogens is 1. The number of halogens is 1. The number of carbonyl (C=O) groups excluding carboxylic acids is 1. The number of benzene rings is 1. The number of carbonyl (C=O) groups is 1. The lowest BCUT2D eigenvalue weighted by atomic mass is 10.2. The van der Waals surface area contributed by atoms with Gasteiger partial charge in [0.2, 0.25) is 0 Å². The molecule has 0 saturated carbocycles. The van der Waals surface area contributed by atoms with Crippen molar-refractivity contribution in [2.75, 3.05) is 26.2 Å². The molecule has 7 heteroatoms. The number of hydrogen-bond donors (Lipinski definition) is 1. The number of piperazine rings is 1. The van der Waals surface area contributed by atoms with E-state index in [-0.39, 0.29) is 11.7 Å². The van der Waals surface area contributed by atoms with Crippen LogP contribution in [0.4, 0.5) is 4.39 Å². The van der Waals surface area contributed by atoms with Crippen molar-refractivity contribution in [3.63, 3.8) is 0 Å². The largest absolute Gasteiger partial charge is 0.463 e. The molecule has 1 N–H and O–H groups in total. The second-order valence-corrected chi connectivity index (χ2v) is 6.30. The first-order chi connectivity index (χ1) is 12.7. The van der Waals surface area contributed by atoms with E-state index in [4.69, 9.17) is 4.42 Å². The van der Waals surface area contributed by atoms with E-state index in [1.807, 2.05) is 12.1 Å². The van der Waals surface area contributed by atoms with Crippen LogP contribution < -0.4 is 0 Å². The highest BCUT2D eigenvalue weighted by molar-refractivity contribution is 5.93. The number of nitrogens with zero attached hydrogens (tertiary/aromatic N) is 3. The maximum Gasteiger partial charge on any atom is 0.274 e. The minimum Gasteiger partial charge on any atom is -0.463 e. The number of nitrogens with one attached hydrogen (secondary N) is 1. The van der Waals surface area contributed by atoms with Gasteiger partial charge in [-0.1, -0.05) is 18.2 Å². The lowest BCUT2D eigenvalue weighted by Crippen LogP contribution is -2.48. The zero-order valence-corrected chi connectivity index (χ0v) is 14.2. The molecule has 0 spiro atoms. The number of aromatic nitrogens is 2. The van der Waals surface area contributed by atoms with Gasteiger partial charge in [0.1, 0.15) is 11.5 Å². The van der Waals surface area contributed by atoms with Gasteiger partial charge in [-0.25, -0.2) is 4.39 Å². The molecular weight excluding hydrogens is 335 g/mol. The highest BCUT2D eigenvalue weighted by Gasteiger charge is 2.24. The Morgan fingerprint density at radius 1 is 1.15 bits per heavy atom. The van der Waals surface area contributed by atoms with E-state index < -0.39 is 0 Å². The Morgan fingerprint density at radius 2 is 1.96 bits per heavy atom. The van der Waals surface area contributed by atoms with Crippen molar-refractivity contribution in [3.8, 4) is 11.5 Å². The standard InChI is InChI=1S/C19H19FN4O2/c20-15-5-2-1-4-14(15)13-23-7-9-24(10-8-23)19(25)17-12-16(21-22-17)18-6-3-11-26-18/h1-6,11-12H,7-10,13H2,(H,21,22). The second-order valence-electron chi connectivity index (χ2n) is 6.30. The number of hydrogen-bond acceptors (Lipinski definition) is 4. The molecule has 3 heterocycles. The summed E-state index contributed by atoms with van der Waals surface area (Å²) in [5.74, 6) is 0.351. The molecular formula is C19H19FN4O2. The van der Waals surface area contributed by atoms with Crippen LogP contribution >= 0.6 is 0 Å². The molecule has 26 heavy (non-hydrogen) atoms. The van der Waals surface area contributed by atoms with Gasteiger partial charge in [-0.2, -0.15) is 5.10 Å². The first kappa shape index (κ1) is 16.5. The third kappa shape index (κ3) is 3.39. The van der Waals surface area contributed by atoms with Crippen molar-refractivity contribution >= 4 is 5.91 Å². The van der Waals surface area contributed by atoms with Crippen LogP contribution in [0.2, 0.25) is 0 Å². The molecule has 3 aromatic rings. The SMILES string of the molecule is O=C(c1cc(-c2ccco2)[nH]n1)N1CCN(Cc2ccccc2F)CC1. The Bertz CT molecular complexity index is 883.